The van der Waals surface area contributed by atoms with Crippen molar-refractivity contribution in [3.63, 3.8) is 0 Å². The number of hydrogen-bond acceptors (Lipinski definition) is 3. The lowest BCUT2D eigenvalue weighted by atomic mass is 10.1. The van der Waals surface area contributed by atoms with Crippen molar-refractivity contribution >= 4 is 0 Å². The highest BCUT2D eigenvalue weighted by Gasteiger charge is 2.25. The molecule has 0 heterocycles. The smallest absolute Gasteiger partial charge is 0.129 e. The Morgan fingerprint density at radius 1 is 1.42 bits per heavy atom. The molecule has 5 heteroatoms. The van der Waals surface area contributed by atoms with Crippen LogP contribution in [-0.2, 0) is 0 Å². The Bertz CT molecular complexity index is 424. The average Bonchev–Trinajstić information content (AvgIpc) is 3.21. The third-order valence-electron chi connectivity index (χ3n) is 3.47. The highest BCUT2D eigenvalue weighted by Crippen LogP contribution is 2.24. The van der Waals surface area contributed by atoms with Gasteiger partial charge in [0.25, 0.3) is 0 Å². The third kappa shape index (κ3) is 4.23. The first-order chi connectivity index (χ1) is 9.08. The summed E-state index contributed by atoms with van der Waals surface area (Å²) in [6.07, 6.45) is 1.49. The lowest BCUT2D eigenvalue weighted by Gasteiger charge is -2.17. The predicted molar refractivity (Wildman–Crippen MR) is 69.8 cm³/mol. The summed E-state index contributed by atoms with van der Waals surface area (Å²) >= 11 is 0. The van der Waals surface area contributed by atoms with E-state index in [1.54, 1.807) is 0 Å². The fourth-order valence-corrected chi connectivity index (χ4v) is 2.07. The van der Waals surface area contributed by atoms with Crippen LogP contribution in [0.25, 0.3) is 0 Å². The van der Waals surface area contributed by atoms with Gasteiger partial charge in [-0.05, 0) is 38.1 Å². The highest BCUT2D eigenvalue weighted by atomic mass is 19.1. The van der Waals surface area contributed by atoms with E-state index in [1.165, 1.54) is 12.8 Å². The fourth-order valence-electron chi connectivity index (χ4n) is 2.07. The summed E-state index contributed by atoms with van der Waals surface area (Å²) in [5.74, 6) is -1.12. The van der Waals surface area contributed by atoms with Gasteiger partial charge in [-0.2, -0.15) is 0 Å². The Morgan fingerprint density at radius 2 is 2.16 bits per heavy atom. The second-order valence-corrected chi connectivity index (χ2v) is 5.10. The topological polar surface area (TPSA) is 35.5 Å². The van der Waals surface area contributed by atoms with Crippen LogP contribution >= 0.6 is 0 Å². The number of aliphatic hydroxyl groups excluding tert-OH is 1. The largest absolute Gasteiger partial charge is 0.387 e. The van der Waals surface area contributed by atoms with Gasteiger partial charge in [-0.1, -0.05) is 0 Å². The molecule has 2 N–H and O–H groups in total. The van der Waals surface area contributed by atoms with Crippen molar-refractivity contribution in [1.29, 1.82) is 0 Å². The van der Waals surface area contributed by atoms with Crippen LogP contribution in [-0.4, -0.2) is 42.7 Å². The highest BCUT2D eigenvalue weighted by molar-refractivity contribution is 5.21. The normalized spacial score (nSPS) is 16.9. The lowest BCUT2D eigenvalue weighted by Crippen LogP contribution is -2.32. The van der Waals surface area contributed by atoms with E-state index in [1.807, 2.05) is 0 Å². The van der Waals surface area contributed by atoms with E-state index in [2.05, 4.69) is 17.3 Å². The summed E-state index contributed by atoms with van der Waals surface area (Å²) in [4.78, 5) is 2.27. The van der Waals surface area contributed by atoms with Gasteiger partial charge in [0, 0.05) is 31.2 Å². The molecule has 1 aliphatic rings. The van der Waals surface area contributed by atoms with Gasteiger partial charge in [-0.25, -0.2) is 8.78 Å². The van der Waals surface area contributed by atoms with Crippen molar-refractivity contribution in [3.05, 3.63) is 35.4 Å². The van der Waals surface area contributed by atoms with E-state index in [-0.39, 0.29) is 12.1 Å². The molecule has 1 aliphatic carbocycles. The summed E-state index contributed by atoms with van der Waals surface area (Å²) in [7, 11) is 2.07. The molecule has 0 radical (unpaired) electrons. The monoisotopic (exact) mass is 270 g/mol. The minimum atomic E-state index is -1.03. The summed E-state index contributed by atoms with van der Waals surface area (Å²) < 4.78 is 26.4. The Balaban J connectivity index is 1.74. The number of halogens is 2. The molecule has 1 aromatic rings. The zero-order valence-corrected chi connectivity index (χ0v) is 11.1. The molecule has 19 heavy (non-hydrogen) atoms. The van der Waals surface area contributed by atoms with Crippen molar-refractivity contribution in [2.24, 2.45) is 0 Å². The SMILES string of the molecule is CN(CCNCC(O)c1cc(F)ccc1F)C1CC1. The molecule has 0 amide bonds. The molecule has 0 saturated heterocycles. The Hall–Kier alpha value is -1.04. The van der Waals surface area contributed by atoms with E-state index < -0.39 is 17.7 Å². The number of nitrogens with zero attached hydrogens (tertiary/aromatic N) is 1. The number of likely N-dealkylation sites (N-methyl/N-ethyl adjacent to an activating group) is 1. The van der Waals surface area contributed by atoms with Crippen molar-refractivity contribution in [1.82, 2.24) is 10.2 Å². The molecule has 3 nitrogen and oxygen atoms in total. The van der Waals surface area contributed by atoms with Gasteiger partial charge in [0.05, 0.1) is 6.10 Å². The first-order valence-electron chi connectivity index (χ1n) is 6.62. The molecular formula is C14H20F2N2O. The average molecular weight is 270 g/mol. The van der Waals surface area contributed by atoms with Crippen molar-refractivity contribution in [2.75, 3.05) is 26.7 Å². The summed E-state index contributed by atoms with van der Waals surface area (Å²) in [5, 5.41) is 12.9. The van der Waals surface area contributed by atoms with E-state index >= 15 is 0 Å². The molecule has 106 valence electrons. The Labute approximate surface area is 112 Å². The molecule has 1 aromatic carbocycles. The number of hydrogen-bond donors (Lipinski definition) is 2. The van der Waals surface area contributed by atoms with Crippen LogP contribution in [0.1, 0.15) is 24.5 Å². The van der Waals surface area contributed by atoms with Gasteiger partial charge in [0.1, 0.15) is 11.6 Å². The first-order valence-corrected chi connectivity index (χ1v) is 6.62. The van der Waals surface area contributed by atoms with Crippen LogP contribution < -0.4 is 5.32 Å². The molecule has 0 aliphatic heterocycles. The van der Waals surface area contributed by atoms with Gasteiger partial charge in [0.2, 0.25) is 0 Å². The predicted octanol–water partition coefficient (Wildman–Crippen LogP) is 1.68. The molecule has 1 fully saturated rings. The van der Waals surface area contributed by atoms with Gasteiger partial charge >= 0.3 is 0 Å². The molecule has 0 aromatic heterocycles. The summed E-state index contributed by atoms with van der Waals surface area (Å²) in [5.41, 5.74) is 0.00282. The maximum absolute atomic E-state index is 13.4. The minimum Gasteiger partial charge on any atom is -0.387 e. The van der Waals surface area contributed by atoms with E-state index in [9.17, 15) is 13.9 Å². The van der Waals surface area contributed by atoms with Crippen LogP contribution in [0, 0.1) is 11.6 Å². The molecular weight excluding hydrogens is 250 g/mol. The molecule has 1 atom stereocenters. The maximum Gasteiger partial charge on any atom is 0.129 e. The fraction of sp³-hybridized carbons (Fsp3) is 0.571. The van der Waals surface area contributed by atoms with Gasteiger partial charge < -0.3 is 15.3 Å². The Kier molecular flexibility index (Phi) is 4.85. The lowest BCUT2D eigenvalue weighted by molar-refractivity contribution is 0.168. The van der Waals surface area contributed by atoms with Crippen molar-refractivity contribution < 1.29 is 13.9 Å². The zero-order valence-electron chi connectivity index (χ0n) is 11.1. The summed E-state index contributed by atoms with van der Waals surface area (Å²) in [6, 6.07) is 3.82. The second kappa shape index (κ2) is 6.41. The summed E-state index contributed by atoms with van der Waals surface area (Å²) in [6.45, 7) is 1.84. The maximum atomic E-state index is 13.4. The van der Waals surface area contributed by atoms with Crippen molar-refractivity contribution in [2.45, 2.75) is 25.0 Å². The number of nitrogens with one attached hydrogen (secondary N) is 1. The van der Waals surface area contributed by atoms with Gasteiger partial charge in [0.15, 0.2) is 0 Å². The minimum absolute atomic E-state index is 0.00282. The molecule has 0 spiro atoms. The molecule has 1 saturated carbocycles. The van der Waals surface area contributed by atoms with Crippen molar-refractivity contribution in [3.8, 4) is 0 Å². The van der Waals surface area contributed by atoms with Crippen LogP contribution in [0.4, 0.5) is 8.78 Å². The number of rotatable bonds is 7. The quantitative estimate of drug-likeness (QED) is 0.740. The van der Waals surface area contributed by atoms with E-state index in [0.717, 1.165) is 31.3 Å². The molecule has 0 bridgehead atoms. The number of benzene rings is 1. The van der Waals surface area contributed by atoms with Crippen LogP contribution in [0.5, 0.6) is 0 Å². The van der Waals surface area contributed by atoms with Crippen LogP contribution in [0.15, 0.2) is 18.2 Å². The second-order valence-electron chi connectivity index (χ2n) is 5.10. The van der Waals surface area contributed by atoms with Crippen LogP contribution in [0.2, 0.25) is 0 Å². The standard InChI is InChI=1S/C14H20F2N2O/c1-18(11-3-4-11)7-6-17-9-14(19)12-8-10(15)2-5-13(12)16/h2,5,8,11,14,17,19H,3-4,6-7,9H2,1H3. The van der Waals surface area contributed by atoms with Gasteiger partial charge in [-0.15, -0.1) is 0 Å². The number of aliphatic hydroxyl groups is 1. The van der Waals surface area contributed by atoms with E-state index in [4.69, 9.17) is 0 Å². The third-order valence-corrected chi connectivity index (χ3v) is 3.47. The van der Waals surface area contributed by atoms with Gasteiger partial charge in [-0.3, -0.25) is 0 Å². The Morgan fingerprint density at radius 3 is 2.84 bits per heavy atom. The van der Waals surface area contributed by atoms with Crippen LogP contribution in [0.3, 0.4) is 0 Å². The first kappa shape index (κ1) is 14.4. The van der Waals surface area contributed by atoms with E-state index in [0.29, 0.717) is 6.04 Å². The molecule has 2 rings (SSSR count). The molecule has 1 unspecified atom stereocenters. The zero-order chi connectivity index (χ0) is 13.8.